The summed E-state index contributed by atoms with van der Waals surface area (Å²) < 4.78 is 35.5. The molecular formula is C7H13F3N2. The normalized spacial score (nSPS) is 27.5. The third-order valence-electron chi connectivity index (χ3n) is 1.99. The molecule has 1 heterocycles. The molecule has 1 saturated heterocycles. The van der Waals surface area contributed by atoms with E-state index in [0.29, 0.717) is 13.0 Å². The van der Waals surface area contributed by atoms with E-state index in [1.807, 2.05) is 11.9 Å². The van der Waals surface area contributed by atoms with Crippen molar-refractivity contribution in [3.8, 4) is 0 Å². The first-order valence-corrected chi connectivity index (χ1v) is 4.00. The van der Waals surface area contributed by atoms with Crippen LogP contribution in [0.4, 0.5) is 13.2 Å². The molecule has 0 bridgehead atoms. The molecule has 0 saturated carbocycles. The molecule has 0 aromatic rings. The van der Waals surface area contributed by atoms with Crippen molar-refractivity contribution in [1.29, 1.82) is 0 Å². The van der Waals surface area contributed by atoms with Crippen molar-refractivity contribution >= 4 is 0 Å². The number of halogens is 3. The molecule has 12 heavy (non-hydrogen) atoms. The first-order valence-electron chi connectivity index (χ1n) is 4.00. The van der Waals surface area contributed by atoms with Gasteiger partial charge in [0.2, 0.25) is 0 Å². The summed E-state index contributed by atoms with van der Waals surface area (Å²) in [4.78, 5) is 1.91. The second-order valence-corrected chi connectivity index (χ2v) is 3.24. The average molecular weight is 182 g/mol. The summed E-state index contributed by atoms with van der Waals surface area (Å²) in [6.45, 7) is 1.38. The average Bonchev–Trinajstić information content (AvgIpc) is 1.82. The van der Waals surface area contributed by atoms with Gasteiger partial charge in [-0.25, -0.2) is 5.32 Å². The largest absolute Gasteiger partial charge is 0.457 e. The molecule has 0 aromatic carbocycles. The predicted octanol–water partition coefficient (Wildman–Crippen LogP) is 1.19. The summed E-state index contributed by atoms with van der Waals surface area (Å²) in [5.74, 6) is 0. The van der Waals surface area contributed by atoms with Crippen LogP contribution < -0.4 is 5.32 Å². The SMILES string of the molecule is CN1CCC[C@H](NC(F)(F)F)C1. The molecule has 0 aromatic heterocycles. The van der Waals surface area contributed by atoms with Gasteiger partial charge in [-0.3, -0.25) is 0 Å². The molecular weight excluding hydrogens is 169 g/mol. The Morgan fingerprint density at radius 3 is 2.58 bits per heavy atom. The summed E-state index contributed by atoms with van der Waals surface area (Å²) in [7, 11) is 1.84. The van der Waals surface area contributed by atoms with E-state index in [4.69, 9.17) is 0 Å². The van der Waals surface area contributed by atoms with Crippen LogP contribution in [0, 0.1) is 0 Å². The number of hydrogen-bond acceptors (Lipinski definition) is 2. The van der Waals surface area contributed by atoms with Gasteiger partial charge >= 0.3 is 6.30 Å². The highest BCUT2D eigenvalue weighted by atomic mass is 19.4. The molecule has 0 aliphatic carbocycles. The number of likely N-dealkylation sites (tertiary alicyclic amines) is 1. The molecule has 1 rings (SSSR count). The van der Waals surface area contributed by atoms with E-state index in [1.165, 1.54) is 0 Å². The van der Waals surface area contributed by atoms with Crippen LogP contribution in [-0.4, -0.2) is 37.4 Å². The lowest BCUT2D eigenvalue weighted by atomic mass is 10.1. The van der Waals surface area contributed by atoms with E-state index < -0.39 is 12.3 Å². The van der Waals surface area contributed by atoms with Crippen molar-refractivity contribution in [2.45, 2.75) is 25.2 Å². The van der Waals surface area contributed by atoms with Crippen LogP contribution in [0.2, 0.25) is 0 Å². The predicted molar refractivity (Wildman–Crippen MR) is 39.7 cm³/mol. The maximum Gasteiger partial charge on any atom is 0.457 e. The summed E-state index contributed by atoms with van der Waals surface area (Å²) >= 11 is 0. The Morgan fingerprint density at radius 1 is 1.42 bits per heavy atom. The minimum atomic E-state index is -4.23. The van der Waals surface area contributed by atoms with Gasteiger partial charge in [0.25, 0.3) is 0 Å². The molecule has 0 spiro atoms. The van der Waals surface area contributed by atoms with Crippen LogP contribution in [0.15, 0.2) is 0 Å². The molecule has 5 heteroatoms. The maximum absolute atomic E-state index is 11.8. The summed E-state index contributed by atoms with van der Waals surface area (Å²) in [6, 6.07) is -0.427. The molecule has 2 nitrogen and oxygen atoms in total. The van der Waals surface area contributed by atoms with Gasteiger partial charge in [-0.1, -0.05) is 0 Å². The summed E-state index contributed by atoms with van der Waals surface area (Å²) in [5, 5.41) is 1.65. The Kier molecular flexibility index (Phi) is 2.95. The Balaban J connectivity index is 2.32. The van der Waals surface area contributed by atoms with Gasteiger partial charge in [-0.15, -0.1) is 0 Å². The van der Waals surface area contributed by atoms with Crippen molar-refractivity contribution in [3.05, 3.63) is 0 Å². The fourth-order valence-corrected chi connectivity index (χ4v) is 1.52. The maximum atomic E-state index is 11.8. The molecule has 1 fully saturated rings. The van der Waals surface area contributed by atoms with Gasteiger partial charge in [0.05, 0.1) is 0 Å². The zero-order valence-electron chi connectivity index (χ0n) is 6.99. The number of nitrogens with one attached hydrogen (secondary N) is 1. The summed E-state index contributed by atoms with van der Waals surface area (Å²) in [5.41, 5.74) is 0. The standard InChI is InChI=1S/C7H13F3N2/c1-12-4-2-3-6(5-12)11-7(8,9)10/h6,11H,2-5H2,1H3/t6-/m0/s1. The first-order chi connectivity index (χ1) is 5.47. The van der Waals surface area contributed by atoms with Crippen molar-refractivity contribution in [2.24, 2.45) is 0 Å². The van der Waals surface area contributed by atoms with Gasteiger partial charge < -0.3 is 4.90 Å². The molecule has 0 unspecified atom stereocenters. The second kappa shape index (κ2) is 3.62. The number of hydrogen-bond donors (Lipinski definition) is 1. The number of likely N-dealkylation sites (N-methyl/N-ethyl adjacent to an activating group) is 1. The fraction of sp³-hybridized carbons (Fsp3) is 1.00. The molecule has 1 aliphatic rings. The van der Waals surface area contributed by atoms with E-state index >= 15 is 0 Å². The van der Waals surface area contributed by atoms with Crippen molar-refractivity contribution < 1.29 is 13.2 Å². The third-order valence-corrected chi connectivity index (χ3v) is 1.99. The first kappa shape index (κ1) is 9.80. The van der Waals surface area contributed by atoms with Crippen LogP contribution in [0.5, 0.6) is 0 Å². The van der Waals surface area contributed by atoms with Gasteiger partial charge in [-0.05, 0) is 26.4 Å². The van der Waals surface area contributed by atoms with Crippen LogP contribution in [0.1, 0.15) is 12.8 Å². The zero-order valence-corrected chi connectivity index (χ0v) is 6.99. The molecule has 0 amide bonds. The van der Waals surface area contributed by atoms with E-state index in [9.17, 15) is 13.2 Å². The van der Waals surface area contributed by atoms with Crippen LogP contribution >= 0.6 is 0 Å². The molecule has 1 N–H and O–H groups in total. The number of piperidine rings is 1. The monoisotopic (exact) mass is 182 g/mol. The van der Waals surface area contributed by atoms with E-state index in [1.54, 1.807) is 5.32 Å². The zero-order chi connectivity index (χ0) is 9.19. The van der Waals surface area contributed by atoms with Crippen LogP contribution in [0.25, 0.3) is 0 Å². The molecule has 72 valence electrons. The number of rotatable bonds is 1. The Hall–Kier alpha value is -0.290. The lowest BCUT2D eigenvalue weighted by molar-refractivity contribution is -0.166. The molecule has 0 radical (unpaired) electrons. The van der Waals surface area contributed by atoms with E-state index in [2.05, 4.69) is 0 Å². The van der Waals surface area contributed by atoms with Crippen molar-refractivity contribution in [1.82, 2.24) is 10.2 Å². The number of alkyl halides is 3. The highest BCUT2D eigenvalue weighted by Crippen LogP contribution is 2.15. The number of nitrogens with zero attached hydrogens (tertiary/aromatic N) is 1. The van der Waals surface area contributed by atoms with Gasteiger partial charge in [0.15, 0.2) is 0 Å². The summed E-state index contributed by atoms with van der Waals surface area (Å²) in [6.07, 6.45) is -2.78. The second-order valence-electron chi connectivity index (χ2n) is 3.24. The van der Waals surface area contributed by atoms with E-state index in [-0.39, 0.29) is 0 Å². The highest BCUT2D eigenvalue weighted by molar-refractivity contribution is 4.76. The third kappa shape index (κ3) is 3.40. The van der Waals surface area contributed by atoms with Crippen molar-refractivity contribution in [2.75, 3.05) is 20.1 Å². The van der Waals surface area contributed by atoms with Gasteiger partial charge in [0.1, 0.15) is 0 Å². The topological polar surface area (TPSA) is 15.3 Å². The van der Waals surface area contributed by atoms with Crippen molar-refractivity contribution in [3.63, 3.8) is 0 Å². The van der Waals surface area contributed by atoms with Gasteiger partial charge in [-0.2, -0.15) is 13.2 Å². The Bertz CT molecular complexity index is 146. The minimum Gasteiger partial charge on any atom is -0.305 e. The lowest BCUT2D eigenvalue weighted by Gasteiger charge is -2.30. The van der Waals surface area contributed by atoms with E-state index in [0.717, 1.165) is 13.0 Å². The fourth-order valence-electron chi connectivity index (χ4n) is 1.52. The van der Waals surface area contributed by atoms with Crippen LogP contribution in [-0.2, 0) is 0 Å². The lowest BCUT2D eigenvalue weighted by Crippen LogP contribution is -2.49. The molecule has 1 atom stereocenters. The Labute approximate surface area is 69.7 Å². The molecule has 1 aliphatic heterocycles. The quantitative estimate of drug-likeness (QED) is 0.613. The minimum absolute atomic E-state index is 0.427. The van der Waals surface area contributed by atoms with Gasteiger partial charge in [0, 0.05) is 12.6 Å². The highest BCUT2D eigenvalue weighted by Gasteiger charge is 2.32. The Morgan fingerprint density at radius 2 is 2.08 bits per heavy atom. The van der Waals surface area contributed by atoms with Crippen LogP contribution in [0.3, 0.4) is 0 Å². The smallest absolute Gasteiger partial charge is 0.305 e.